The van der Waals surface area contributed by atoms with E-state index in [4.69, 9.17) is 4.52 Å². The average molecular weight is 332 g/mol. The zero-order chi connectivity index (χ0) is 17.5. The van der Waals surface area contributed by atoms with Gasteiger partial charge in [0.15, 0.2) is 0 Å². The zero-order valence-electron chi connectivity index (χ0n) is 14.6. The first-order valence-electron chi connectivity index (χ1n) is 8.01. The standard InChI is InChI=1S/C16H24N6O2/c1-5-17-14-9-15(21-12(4)20-14)18-6-7-19-16(23)8-13-10(2)22-24-11(13)3/h9H,5-8H2,1-4H3,(H,19,23)(H2,17,18,20,21). The summed E-state index contributed by atoms with van der Waals surface area (Å²) in [6.45, 7) is 9.38. The molecule has 2 aromatic rings. The van der Waals surface area contributed by atoms with Crippen LogP contribution in [0.1, 0.15) is 29.8 Å². The van der Waals surface area contributed by atoms with Crippen molar-refractivity contribution < 1.29 is 9.32 Å². The largest absolute Gasteiger partial charge is 0.370 e. The van der Waals surface area contributed by atoms with Gasteiger partial charge in [-0.15, -0.1) is 0 Å². The summed E-state index contributed by atoms with van der Waals surface area (Å²) in [6.07, 6.45) is 0.276. The van der Waals surface area contributed by atoms with Crippen molar-refractivity contribution in [2.24, 2.45) is 0 Å². The molecule has 0 saturated heterocycles. The Hall–Kier alpha value is -2.64. The number of nitrogens with one attached hydrogen (secondary N) is 3. The molecule has 8 nitrogen and oxygen atoms in total. The molecule has 0 aliphatic heterocycles. The quantitative estimate of drug-likeness (QED) is 0.630. The number of hydrogen-bond acceptors (Lipinski definition) is 7. The molecule has 0 radical (unpaired) electrons. The Morgan fingerprint density at radius 1 is 1.12 bits per heavy atom. The minimum atomic E-state index is -0.0570. The first-order chi connectivity index (χ1) is 11.5. The first-order valence-corrected chi connectivity index (χ1v) is 8.01. The fraction of sp³-hybridized carbons (Fsp3) is 0.500. The number of carbonyl (C=O) groups excluding carboxylic acids is 1. The van der Waals surface area contributed by atoms with Crippen LogP contribution in [0.4, 0.5) is 11.6 Å². The summed E-state index contributed by atoms with van der Waals surface area (Å²) in [4.78, 5) is 20.6. The molecule has 0 aliphatic rings. The number of hydrogen-bond donors (Lipinski definition) is 3. The van der Waals surface area contributed by atoms with Crippen LogP contribution in [0.2, 0.25) is 0 Å². The van der Waals surface area contributed by atoms with Crippen molar-refractivity contribution in [3.05, 3.63) is 28.9 Å². The predicted octanol–water partition coefficient (Wildman–Crippen LogP) is 1.59. The van der Waals surface area contributed by atoms with E-state index in [9.17, 15) is 4.79 Å². The van der Waals surface area contributed by atoms with Crippen molar-refractivity contribution in [1.82, 2.24) is 20.4 Å². The molecule has 3 N–H and O–H groups in total. The molecule has 130 valence electrons. The van der Waals surface area contributed by atoms with Crippen LogP contribution in [0.25, 0.3) is 0 Å². The summed E-state index contributed by atoms with van der Waals surface area (Å²) in [6, 6.07) is 1.85. The van der Waals surface area contributed by atoms with Gasteiger partial charge in [-0.3, -0.25) is 4.79 Å². The van der Waals surface area contributed by atoms with E-state index in [-0.39, 0.29) is 12.3 Å². The van der Waals surface area contributed by atoms with Crippen molar-refractivity contribution in [3.8, 4) is 0 Å². The molecule has 0 aromatic carbocycles. The van der Waals surface area contributed by atoms with Crippen molar-refractivity contribution in [2.45, 2.75) is 34.1 Å². The third kappa shape index (κ3) is 4.94. The van der Waals surface area contributed by atoms with Crippen LogP contribution in [0.5, 0.6) is 0 Å². The van der Waals surface area contributed by atoms with Gasteiger partial charge in [0.2, 0.25) is 5.91 Å². The van der Waals surface area contributed by atoms with Crippen LogP contribution in [0, 0.1) is 20.8 Å². The van der Waals surface area contributed by atoms with E-state index in [2.05, 4.69) is 31.1 Å². The lowest BCUT2D eigenvalue weighted by Crippen LogP contribution is -2.30. The lowest BCUT2D eigenvalue weighted by molar-refractivity contribution is -0.120. The normalized spacial score (nSPS) is 10.5. The number of aryl methyl sites for hydroxylation is 3. The van der Waals surface area contributed by atoms with Crippen LogP contribution in [-0.2, 0) is 11.2 Å². The van der Waals surface area contributed by atoms with Gasteiger partial charge in [-0.25, -0.2) is 9.97 Å². The van der Waals surface area contributed by atoms with Gasteiger partial charge in [-0.2, -0.15) is 0 Å². The maximum absolute atomic E-state index is 12.0. The smallest absolute Gasteiger partial charge is 0.224 e. The molecule has 0 bridgehead atoms. The number of carbonyl (C=O) groups is 1. The maximum Gasteiger partial charge on any atom is 0.224 e. The zero-order valence-corrected chi connectivity index (χ0v) is 14.6. The van der Waals surface area contributed by atoms with Gasteiger partial charge in [0.25, 0.3) is 0 Å². The highest BCUT2D eigenvalue weighted by Crippen LogP contribution is 2.12. The molecule has 1 amide bonds. The van der Waals surface area contributed by atoms with E-state index in [0.29, 0.717) is 24.7 Å². The molecule has 0 spiro atoms. The van der Waals surface area contributed by atoms with E-state index in [0.717, 1.165) is 29.4 Å². The van der Waals surface area contributed by atoms with Gasteiger partial charge >= 0.3 is 0 Å². The van der Waals surface area contributed by atoms with Crippen molar-refractivity contribution >= 4 is 17.5 Å². The molecule has 0 saturated carbocycles. The number of rotatable bonds is 8. The van der Waals surface area contributed by atoms with Gasteiger partial charge in [0, 0.05) is 31.3 Å². The molecule has 0 aliphatic carbocycles. The minimum Gasteiger partial charge on any atom is -0.370 e. The lowest BCUT2D eigenvalue weighted by Gasteiger charge is -2.10. The summed E-state index contributed by atoms with van der Waals surface area (Å²) >= 11 is 0. The number of aromatic nitrogens is 3. The summed E-state index contributed by atoms with van der Waals surface area (Å²) in [5.41, 5.74) is 1.61. The van der Waals surface area contributed by atoms with Gasteiger partial charge in [-0.05, 0) is 27.7 Å². The predicted molar refractivity (Wildman–Crippen MR) is 92.1 cm³/mol. The topological polar surface area (TPSA) is 105 Å². The Morgan fingerprint density at radius 3 is 2.46 bits per heavy atom. The summed E-state index contributed by atoms with van der Waals surface area (Å²) in [5, 5.41) is 13.1. The van der Waals surface area contributed by atoms with E-state index in [1.807, 2.05) is 33.8 Å². The highest BCUT2D eigenvalue weighted by atomic mass is 16.5. The van der Waals surface area contributed by atoms with E-state index >= 15 is 0 Å². The Kier molecular flexibility index (Phi) is 6.11. The number of anilines is 2. The Morgan fingerprint density at radius 2 is 1.83 bits per heavy atom. The summed E-state index contributed by atoms with van der Waals surface area (Å²) in [7, 11) is 0. The van der Waals surface area contributed by atoms with Gasteiger partial charge in [0.1, 0.15) is 23.2 Å². The molecular formula is C16H24N6O2. The van der Waals surface area contributed by atoms with Crippen LogP contribution in [0.15, 0.2) is 10.6 Å². The number of amides is 1. The maximum atomic E-state index is 12.0. The summed E-state index contributed by atoms with van der Waals surface area (Å²) < 4.78 is 5.06. The Bertz CT molecular complexity index is 678. The van der Waals surface area contributed by atoms with Crippen molar-refractivity contribution in [1.29, 1.82) is 0 Å². The van der Waals surface area contributed by atoms with Crippen LogP contribution in [-0.4, -0.2) is 40.7 Å². The Labute approximate surface area is 141 Å². The van der Waals surface area contributed by atoms with Crippen LogP contribution >= 0.6 is 0 Å². The third-order valence-electron chi connectivity index (χ3n) is 3.47. The first kappa shape index (κ1) is 17.7. The number of nitrogens with zero attached hydrogens (tertiary/aromatic N) is 3. The third-order valence-corrected chi connectivity index (χ3v) is 3.47. The minimum absolute atomic E-state index is 0.0570. The van der Waals surface area contributed by atoms with Gasteiger partial charge in [0.05, 0.1) is 12.1 Å². The highest BCUT2D eigenvalue weighted by Gasteiger charge is 2.12. The van der Waals surface area contributed by atoms with Crippen LogP contribution in [0.3, 0.4) is 0 Å². The van der Waals surface area contributed by atoms with Gasteiger partial charge in [-0.1, -0.05) is 5.16 Å². The molecule has 24 heavy (non-hydrogen) atoms. The lowest BCUT2D eigenvalue weighted by atomic mass is 10.1. The molecule has 2 heterocycles. The SMILES string of the molecule is CCNc1cc(NCCNC(=O)Cc2c(C)noc2C)nc(C)n1. The molecule has 0 fully saturated rings. The van der Waals surface area contributed by atoms with E-state index < -0.39 is 0 Å². The molecule has 2 rings (SSSR count). The second-order valence-electron chi connectivity index (χ2n) is 5.47. The summed E-state index contributed by atoms with van der Waals surface area (Å²) in [5.74, 6) is 2.85. The van der Waals surface area contributed by atoms with E-state index in [1.165, 1.54) is 0 Å². The molecule has 8 heteroatoms. The van der Waals surface area contributed by atoms with E-state index in [1.54, 1.807) is 0 Å². The fourth-order valence-electron chi connectivity index (χ4n) is 2.30. The second-order valence-corrected chi connectivity index (χ2v) is 5.47. The highest BCUT2D eigenvalue weighted by molar-refractivity contribution is 5.79. The molecule has 2 aromatic heterocycles. The van der Waals surface area contributed by atoms with Crippen molar-refractivity contribution in [3.63, 3.8) is 0 Å². The van der Waals surface area contributed by atoms with Crippen LogP contribution < -0.4 is 16.0 Å². The monoisotopic (exact) mass is 332 g/mol. The van der Waals surface area contributed by atoms with Crippen molar-refractivity contribution in [2.75, 3.05) is 30.3 Å². The Balaban J connectivity index is 1.77. The fourth-order valence-corrected chi connectivity index (χ4v) is 2.30. The average Bonchev–Trinajstić information content (AvgIpc) is 2.83. The molecule has 0 unspecified atom stereocenters. The van der Waals surface area contributed by atoms with Gasteiger partial charge < -0.3 is 20.5 Å². The molecule has 0 atom stereocenters. The second kappa shape index (κ2) is 8.28. The molecular weight excluding hydrogens is 308 g/mol.